The second-order valence-corrected chi connectivity index (χ2v) is 14.5. The maximum atomic E-state index is 6.87. The molecule has 0 aliphatic heterocycles. The Bertz CT molecular complexity index is 3230. The number of nitrogens with zero attached hydrogens (tertiary/aromatic N) is 1. The van der Waals surface area contributed by atoms with Gasteiger partial charge in [-0.2, -0.15) is 0 Å². The van der Waals surface area contributed by atoms with Gasteiger partial charge in [-0.15, -0.1) is 0 Å². The maximum Gasteiger partial charge on any atom is 0.143 e. The van der Waals surface area contributed by atoms with Crippen LogP contribution in [-0.4, -0.2) is 0 Å². The van der Waals surface area contributed by atoms with Gasteiger partial charge in [-0.05, 0) is 97.4 Å². The van der Waals surface area contributed by atoms with E-state index < -0.39 is 0 Å². The molecule has 0 aliphatic carbocycles. The Hall–Kier alpha value is -7.42. The number of benzene rings is 10. The van der Waals surface area contributed by atoms with Crippen molar-refractivity contribution in [2.45, 2.75) is 0 Å². The second-order valence-electron chi connectivity index (χ2n) is 14.5. The van der Waals surface area contributed by atoms with Crippen molar-refractivity contribution in [3.63, 3.8) is 0 Å². The third kappa shape index (κ3) is 5.34. The van der Waals surface area contributed by atoms with E-state index in [1.807, 2.05) is 0 Å². The van der Waals surface area contributed by atoms with Crippen molar-refractivity contribution < 1.29 is 4.42 Å². The summed E-state index contributed by atoms with van der Waals surface area (Å²) in [6.45, 7) is 0. The molecule has 11 aromatic rings. The van der Waals surface area contributed by atoms with Crippen molar-refractivity contribution in [3.05, 3.63) is 212 Å². The predicted molar refractivity (Wildman–Crippen MR) is 237 cm³/mol. The Labute approximate surface area is 325 Å². The van der Waals surface area contributed by atoms with Gasteiger partial charge in [0.05, 0.1) is 16.8 Å². The number of anilines is 3. The minimum atomic E-state index is 0.860. The molecular formula is C54H35NO. The van der Waals surface area contributed by atoms with Crippen molar-refractivity contribution in [2.24, 2.45) is 0 Å². The number of furan rings is 1. The van der Waals surface area contributed by atoms with Crippen LogP contribution in [0.3, 0.4) is 0 Å². The molecule has 11 rings (SSSR count). The van der Waals surface area contributed by atoms with Gasteiger partial charge in [0.1, 0.15) is 11.2 Å². The van der Waals surface area contributed by atoms with E-state index in [0.717, 1.165) is 44.4 Å². The van der Waals surface area contributed by atoms with E-state index in [1.165, 1.54) is 60.3 Å². The van der Waals surface area contributed by atoms with Gasteiger partial charge in [0, 0.05) is 21.8 Å². The highest BCUT2D eigenvalue weighted by Crippen LogP contribution is 2.47. The highest BCUT2D eigenvalue weighted by molar-refractivity contribution is 6.23. The summed E-state index contributed by atoms with van der Waals surface area (Å²) in [7, 11) is 0. The van der Waals surface area contributed by atoms with Crippen LogP contribution in [0, 0.1) is 0 Å². The Morgan fingerprint density at radius 2 is 0.875 bits per heavy atom. The third-order valence-electron chi connectivity index (χ3n) is 11.2. The van der Waals surface area contributed by atoms with E-state index in [-0.39, 0.29) is 0 Å². The second kappa shape index (κ2) is 13.2. The lowest BCUT2D eigenvalue weighted by Gasteiger charge is -2.28. The first-order valence-corrected chi connectivity index (χ1v) is 19.2. The molecule has 0 atom stereocenters. The number of hydrogen-bond acceptors (Lipinski definition) is 2. The Kier molecular flexibility index (Phi) is 7.53. The first-order chi connectivity index (χ1) is 27.8. The topological polar surface area (TPSA) is 16.4 Å². The molecule has 0 unspecified atom stereocenters. The first kappa shape index (κ1) is 32.0. The molecule has 0 saturated heterocycles. The Balaban J connectivity index is 1.12. The van der Waals surface area contributed by atoms with Crippen molar-refractivity contribution >= 4 is 71.3 Å². The first-order valence-electron chi connectivity index (χ1n) is 19.2. The molecule has 0 amide bonds. The van der Waals surface area contributed by atoms with Gasteiger partial charge in [-0.1, -0.05) is 170 Å². The Morgan fingerprint density at radius 3 is 1.64 bits per heavy atom. The highest BCUT2D eigenvalue weighted by Gasteiger charge is 2.23. The molecule has 10 aromatic carbocycles. The van der Waals surface area contributed by atoms with Crippen LogP contribution < -0.4 is 4.90 Å². The summed E-state index contributed by atoms with van der Waals surface area (Å²) in [6, 6.07) is 76.4. The quantitative estimate of drug-likeness (QED) is 0.171. The summed E-state index contributed by atoms with van der Waals surface area (Å²) in [6.07, 6.45) is 0. The third-order valence-corrected chi connectivity index (χ3v) is 11.2. The van der Waals surface area contributed by atoms with Crippen LogP contribution in [0.15, 0.2) is 217 Å². The van der Waals surface area contributed by atoms with Crippen LogP contribution in [0.4, 0.5) is 17.1 Å². The summed E-state index contributed by atoms with van der Waals surface area (Å²) in [4.78, 5) is 2.41. The fraction of sp³-hybridized carbons (Fsp3) is 0. The lowest BCUT2D eigenvalue weighted by atomic mass is 9.93. The fourth-order valence-corrected chi connectivity index (χ4v) is 8.51. The van der Waals surface area contributed by atoms with Crippen LogP contribution in [-0.2, 0) is 0 Å². The predicted octanol–water partition coefficient (Wildman–Crippen LogP) is 15.5. The fourth-order valence-electron chi connectivity index (χ4n) is 8.51. The molecule has 2 heteroatoms. The molecule has 0 aliphatic rings. The van der Waals surface area contributed by atoms with Gasteiger partial charge < -0.3 is 9.32 Å². The molecule has 0 N–H and O–H groups in total. The minimum Gasteiger partial charge on any atom is -0.455 e. The molecule has 2 nitrogen and oxygen atoms in total. The number of fused-ring (bicyclic) bond motifs is 7. The summed E-state index contributed by atoms with van der Waals surface area (Å²) < 4.78 is 6.87. The minimum absolute atomic E-state index is 0.860. The summed E-state index contributed by atoms with van der Waals surface area (Å²) >= 11 is 0. The van der Waals surface area contributed by atoms with Crippen molar-refractivity contribution in [2.75, 3.05) is 4.90 Å². The van der Waals surface area contributed by atoms with Crippen LogP contribution in [0.5, 0.6) is 0 Å². The van der Waals surface area contributed by atoms with Crippen LogP contribution in [0.1, 0.15) is 0 Å². The van der Waals surface area contributed by atoms with Gasteiger partial charge in [-0.3, -0.25) is 0 Å². The molecule has 0 radical (unpaired) electrons. The van der Waals surface area contributed by atoms with Gasteiger partial charge in [0.25, 0.3) is 0 Å². The van der Waals surface area contributed by atoms with Crippen LogP contribution in [0.2, 0.25) is 0 Å². The molecule has 1 aromatic heterocycles. The average Bonchev–Trinajstić information content (AvgIpc) is 3.66. The van der Waals surface area contributed by atoms with Crippen LogP contribution >= 0.6 is 0 Å². The molecule has 56 heavy (non-hydrogen) atoms. The Morgan fingerprint density at radius 1 is 0.321 bits per heavy atom. The van der Waals surface area contributed by atoms with Crippen molar-refractivity contribution in [3.8, 4) is 33.4 Å². The van der Waals surface area contributed by atoms with Gasteiger partial charge in [0.15, 0.2) is 0 Å². The van der Waals surface area contributed by atoms with E-state index >= 15 is 0 Å². The van der Waals surface area contributed by atoms with Crippen molar-refractivity contribution in [1.82, 2.24) is 0 Å². The van der Waals surface area contributed by atoms with Crippen LogP contribution in [0.25, 0.3) is 87.6 Å². The van der Waals surface area contributed by atoms with Gasteiger partial charge in [-0.25, -0.2) is 0 Å². The lowest BCUT2D eigenvalue weighted by Crippen LogP contribution is -2.10. The van der Waals surface area contributed by atoms with E-state index in [4.69, 9.17) is 4.42 Å². The SMILES string of the molecule is c1ccc(-c2ccc(-c3ccc(N(c4cccc5ccccc45)c4cccc5oc6c7ccccc7c(-c7ccc8ccccc8c7)cc6c45)cc3)cc2)cc1. The molecule has 0 bridgehead atoms. The zero-order valence-electron chi connectivity index (χ0n) is 30.6. The molecule has 0 spiro atoms. The monoisotopic (exact) mass is 713 g/mol. The average molecular weight is 714 g/mol. The molecule has 0 saturated carbocycles. The van der Waals surface area contributed by atoms with E-state index in [0.29, 0.717) is 0 Å². The van der Waals surface area contributed by atoms with E-state index in [1.54, 1.807) is 0 Å². The summed E-state index contributed by atoms with van der Waals surface area (Å²) in [5, 5.41) is 9.30. The zero-order valence-corrected chi connectivity index (χ0v) is 30.6. The lowest BCUT2D eigenvalue weighted by molar-refractivity contribution is 0.672. The zero-order chi connectivity index (χ0) is 37.0. The molecule has 0 fully saturated rings. The molecule has 262 valence electrons. The van der Waals surface area contributed by atoms with Crippen molar-refractivity contribution in [1.29, 1.82) is 0 Å². The largest absolute Gasteiger partial charge is 0.455 e. The summed E-state index contributed by atoms with van der Waals surface area (Å²) in [5.41, 5.74) is 12.2. The number of rotatable bonds is 6. The standard InChI is InChI=1S/C54H35NO/c1-2-12-36(13-3-1)38-24-26-39(27-25-38)40-30-32-44(33-31-40)55(50-21-10-17-41-15-6-7-18-45(41)50)51-22-11-23-52-53(51)49-35-48(46-19-8-9-20-47(46)54(49)56-52)43-29-28-37-14-4-5-16-42(37)34-43/h1-35H. The highest BCUT2D eigenvalue weighted by atomic mass is 16.3. The normalized spacial score (nSPS) is 11.6. The van der Waals surface area contributed by atoms with Gasteiger partial charge >= 0.3 is 0 Å². The van der Waals surface area contributed by atoms with Gasteiger partial charge in [0.2, 0.25) is 0 Å². The summed E-state index contributed by atoms with van der Waals surface area (Å²) in [5.74, 6) is 0. The maximum absolute atomic E-state index is 6.87. The van der Waals surface area contributed by atoms with E-state index in [2.05, 4.69) is 217 Å². The number of hydrogen-bond donors (Lipinski definition) is 0. The van der Waals surface area contributed by atoms with E-state index in [9.17, 15) is 0 Å². The molecular weight excluding hydrogens is 679 g/mol. The molecule has 1 heterocycles. The smallest absolute Gasteiger partial charge is 0.143 e.